The fraction of sp³-hybridized carbons (Fsp3) is 0.354. The molecule has 0 saturated carbocycles. The van der Waals surface area contributed by atoms with E-state index in [4.69, 9.17) is 0 Å². The van der Waals surface area contributed by atoms with Gasteiger partial charge in [0.15, 0.2) is 11.6 Å². The number of rotatable bonds is 7. The Morgan fingerprint density at radius 1 is 0.274 bits per heavy atom. The van der Waals surface area contributed by atoms with E-state index < -0.39 is 34.9 Å². The number of benzene rings is 7. The van der Waals surface area contributed by atoms with Gasteiger partial charge in [-0.2, -0.15) is 0 Å². The summed E-state index contributed by atoms with van der Waals surface area (Å²) in [4.78, 5) is 0. The van der Waals surface area contributed by atoms with E-state index >= 15 is 0 Å². The monoisotopic (exact) mass is 1010 g/mol. The molecule has 0 bridgehead atoms. The van der Waals surface area contributed by atoms with Crippen molar-refractivity contribution >= 4 is 0 Å². The topological polar surface area (TPSA) is 0 Å². The minimum atomic E-state index is -0.767. The molecule has 7 aromatic carbocycles. The maximum Gasteiger partial charge on any atom is 0.162 e. The van der Waals surface area contributed by atoms with Crippen molar-refractivity contribution in [3.05, 3.63) is 249 Å². The van der Waals surface area contributed by atoms with E-state index in [0.717, 1.165) is 23.3 Å². The molecule has 0 spiro atoms. The lowest BCUT2D eigenvalue weighted by molar-refractivity contribution is 0.494. The minimum absolute atomic E-state index is 0. The standard InChI is InChI=1S/C10H14.3C9H10F2.2C9H11F.C9H12.CH4/c1-8(2)10-6-4-9(3)5-7-10;1-6(2)7-3-8(10)5-9(11)4-7;1-6(2)9-7(10)4-3-5-8(9)11;1-6(2)7-4-3-5-8(10)9(7)11;1-7(2)8-4-3-5-9(10)6-8;1-7(2)8-5-3-4-6-9(8)10;1-8(2)9-6-4-3-5-7-9;/h4-8H,1-3H3;3*3-6H,1-2H3;2*3-7H,1-2H3;3-8H,1-2H3;1H4. The zero-order valence-electron chi connectivity index (χ0n) is 45.1. The molecular formula is C65H82F8. The van der Waals surface area contributed by atoms with Gasteiger partial charge >= 0.3 is 0 Å². The Labute approximate surface area is 435 Å². The second-order valence-electron chi connectivity index (χ2n) is 19.5. The van der Waals surface area contributed by atoms with E-state index in [-0.39, 0.29) is 48.3 Å². The molecule has 73 heavy (non-hydrogen) atoms. The Hall–Kier alpha value is -6.02. The highest BCUT2D eigenvalue weighted by Gasteiger charge is 2.12. The first-order chi connectivity index (χ1) is 33.8. The molecule has 0 amide bonds. The van der Waals surface area contributed by atoms with Crippen LogP contribution in [0.3, 0.4) is 0 Å². The summed E-state index contributed by atoms with van der Waals surface area (Å²) in [5.41, 5.74) is 7.33. The molecule has 0 atom stereocenters. The van der Waals surface area contributed by atoms with Crippen LogP contribution in [-0.2, 0) is 0 Å². The van der Waals surface area contributed by atoms with Gasteiger partial charge in [0.1, 0.15) is 34.9 Å². The van der Waals surface area contributed by atoms with E-state index in [0.29, 0.717) is 28.9 Å². The van der Waals surface area contributed by atoms with Crippen LogP contribution in [0.4, 0.5) is 35.1 Å². The fourth-order valence-corrected chi connectivity index (χ4v) is 6.54. The van der Waals surface area contributed by atoms with E-state index in [1.807, 2.05) is 65.8 Å². The van der Waals surface area contributed by atoms with Crippen LogP contribution in [0, 0.1) is 53.5 Å². The molecule has 0 aliphatic carbocycles. The third-order valence-corrected chi connectivity index (χ3v) is 11.0. The zero-order valence-corrected chi connectivity index (χ0v) is 45.1. The molecule has 0 N–H and O–H groups in total. The summed E-state index contributed by atoms with van der Waals surface area (Å²) in [6.07, 6.45) is 0. The predicted molar refractivity (Wildman–Crippen MR) is 295 cm³/mol. The van der Waals surface area contributed by atoms with Crippen LogP contribution in [0.25, 0.3) is 0 Å². The third kappa shape index (κ3) is 26.5. The summed E-state index contributed by atoms with van der Waals surface area (Å²) >= 11 is 0. The quantitative estimate of drug-likeness (QED) is 0.140. The molecule has 398 valence electrons. The Morgan fingerprint density at radius 3 is 1.01 bits per heavy atom. The molecule has 7 aromatic rings. The van der Waals surface area contributed by atoms with Gasteiger partial charge in [-0.1, -0.05) is 213 Å². The normalized spacial score (nSPS) is 10.3. The van der Waals surface area contributed by atoms with E-state index in [2.05, 4.69) is 97.0 Å². The molecule has 0 radical (unpaired) electrons. The van der Waals surface area contributed by atoms with Crippen molar-refractivity contribution in [3.63, 3.8) is 0 Å². The maximum atomic E-state index is 12.9. The second-order valence-corrected chi connectivity index (χ2v) is 19.5. The van der Waals surface area contributed by atoms with Gasteiger partial charge in [-0.15, -0.1) is 0 Å². The van der Waals surface area contributed by atoms with Crippen molar-refractivity contribution in [2.24, 2.45) is 0 Å². The summed E-state index contributed by atoms with van der Waals surface area (Å²) in [5.74, 6) is -1.56. The van der Waals surface area contributed by atoms with Crippen LogP contribution in [0.2, 0.25) is 0 Å². The fourth-order valence-electron chi connectivity index (χ4n) is 6.54. The van der Waals surface area contributed by atoms with E-state index in [1.165, 1.54) is 65.2 Å². The molecule has 0 saturated heterocycles. The number of hydrogen-bond donors (Lipinski definition) is 0. The highest BCUT2D eigenvalue weighted by atomic mass is 19.2. The summed E-state index contributed by atoms with van der Waals surface area (Å²) in [6, 6.07) is 44.6. The highest BCUT2D eigenvalue weighted by Crippen LogP contribution is 2.23. The van der Waals surface area contributed by atoms with Gasteiger partial charge in [-0.05, 0) is 130 Å². The summed E-state index contributed by atoms with van der Waals surface area (Å²) in [7, 11) is 0. The Morgan fingerprint density at radius 2 is 0.644 bits per heavy atom. The second kappa shape index (κ2) is 35.2. The van der Waals surface area contributed by atoms with Gasteiger partial charge in [-0.3, -0.25) is 0 Å². The van der Waals surface area contributed by atoms with Crippen LogP contribution in [0.1, 0.15) is 190 Å². The van der Waals surface area contributed by atoms with Crippen LogP contribution < -0.4 is 0 Å². The SMILES string of the molecule is C.CC(C)c1c(F)cccc1F.CC(C)c1cc(F)cc(F)c1.CC(C)c1cccc(F)c1.CC(C)c1cccc(F)c1F.CC(C)c1ccccc1.CC(C)c1ccccc1F.Cc1ccc(C(C)C)cc1. The molecule has 0 heterocycles. The Bertz CT molecular complexity index is 2520. The summed E-state index contributed by atoms with van der Waals surface area (Å²) in [5, 5.41) is 0. The lowest BCUT2D eigenvalue weighted by Gasteiger charge is -2.06. The van der Waals surface area contributed by atoms with Crippen LogP contribution >= 0.6 is 0 Å². The van der Waals surface area contributed by atoms with Crippen LogP contribution in [0.15, 0.2) is 158 Å². The summed E-state index contributed by atoms with van der Waals surface area (Å²) < 4.78 is 102. The predicted octanol–water partition coefficient (Wildman–Crippen LogP) is 21.7. The van der Waals surface area contributed by atoms with Crippen molar-refractivity contribution in [2.45, 2.75) is 153 Å². The molecule has 0 aliphatic heterocycles. The lowest BCUT2D eigenvalue weighted by Crippen LogP contribution is -1.96. The minimum Gasteiger partial charge on any atom is -0.207 e. The van der Waals surface area contributed by atoms with Crippen LogP contribution in [0.5, 0.6) is 0 Å². The first-order valence-electron chi connectivity index (χ1n) is 24.7. The first-order valence-corrected chi connectivity index (χ1v) is 24.7. The number of halogens is 8. The molecule has 0 aliphatic rings. The Kier molecular flexibility index (Phi) is 32.3. The molecule has 8 heteroatoms. The van der Waals surface area contributed by atoms with Gasteiger partial charge in [0.25, 0.3) is 0 Å². The van der Waals surface area contributed by atoms with Crippen molar-refractivity contribution in [3.8, 4) is 0 Å². The average molecular weight is 1020 g/mol. The third-order valence-electron chi connectivity index (χ3n) is 11.0. The molecule has 0 aromatic heterocycles. The van der Waals surface area contributed by atoms with E-state index in [1.54, 1.807) is 38.1 Å². The summed E-state index contributed by atoms with van der Waals surface area (Å²) in [6.45, 7) is 30.0. The van der Waals surface area contributed by atoms with Gasteiger partial charge < -0.3 is 0 Å². The molecular weight excluding hydrogens is 933 g/mol. The molecule has 0 fully saturated rings. The zero-order chi connectivity index (χ0) is 54.7. The smallest absolute Gasteiger partial charge is 0.162 e. The van der Waals surface area contributed by atoms with Gasteiger partial charge in [0.05, 0.1) is 0 Å². The average Bonchev–Trinajstić information content (AvgIpc) is 3.31. The first kappa shape index (κ1) is 67.0. The van der Waals surface area contributed by atoms with Gasteiger partial charge in [-0.25, -0.2) is 35.1 Å². The van der Waals surface area contributed by atoms with Crippen LogP contribution in [-0.4, -0.2) is 0 Å². The Balaban J connectivity index is 0.000000827. The van der Waals surface area contributed by atoms with Crippen molar-refractivity contribution < 1.29 is 35.1 Å². The molecule has 0 unspecified atom stereocenters. The van der Waals surface area contributed by atoms with Crippen molar-refractivity contribution in [1.29, 1.82) is 0 Å². The van der Waals surface area contributed by atoms with Crippen molar-refractivity contribution in [1.82, 2.24) is 0 Å². The van der Waals surface area contributed by atoms with E-state index in [9.17, 15) is 35.1 Å². The molecule has 7 rings (SSSR count). The maximum absolute atomic E-state index is 12.9. The van der Waals surface area contributed by atoms with Gasteiger partial charge in [0, 0.05) is 11.6 Å². The molecule has 0 nitrogen and oxygen atoms in total. The van der Waals surface area contributed by atoms with Gasteiger partial charge in [0.2, 0.25) is 0 Å². The number of hydrogen-bond acceptors (Lipinski definition) is 0. The number of aryl methyl sites for hydroxylation is 1. The lowest BCUT2D eigenvalue weighted by atomic mass is 10.0. The highest BCUT2D eigenvalue weighted by molar-refractivity contribution is 5.26. The largest absolute Gasteiger partial charge is 0.207 e. The van der Waals surface area contributed by atoms with Crippen molar-refractivity contribution in [2.75, 3.05) is 0 Å².